The number of nitrogens with zero attached hydrogens (tertiary/aromatic N) is 3. The Kier molecular flexibility index (Phi) is 5.95. The SMILES string of the molecule is COc1ccc(C2CC(c3ccccc3)=NN2C(=O)CNc2cccc(C#N)c2)cc1. The maximum atomic E-state index is 13.1. The van der Waals surface area contributed by atoms with Crippen molar-refractivity contribution in [2.24, 2.45) is 5.10 Å². The van der Waals surface area contributed by atoms with Crippen LogP contribution in [-0.4, -0.2) is 30.3 Å². The van der Waals surface area contributed by atoms with E-state index in [2.05, 4.69) is 16.5 Å². The molecule has 1 aliphatic rings. The zero-order valence-corrected chi connectivity index (χ0v) is 17.2. The lowest BCUT2D eigenvalue weighted by Crippen LogP contribution is -2.32. The highest BCUT2D eigenvalue weighted by Crippen LogP contribution is 2.33. The van der Waals surface area contributed by atoms with Gasteiger partial charge in [-0.15, -0.1) is 0 Å². The fourth-order valence-corrected chi connectivity index (χ4v) is 3.59. The van der Waals surface area contributed by atoms with Crippen molar-refractivity contribution in [3.63, 3.8) is 0 Å². The summed E-state index contributed by atoms with van der Waals surface area (Å²) in [5.74, 6) is 0.622. The Balaban J connectivity index is 1.57. The molecule has 1 unspecified atom stereocenters. The maximum absolute atomic E-state index is 13.1. The number of anilines is 1. The summed E-state index contributed by atoms with van der Waals surface area (Å²) in [4.78, 5) is 13.1. The van der Waals surface area contributed by atoms with Crippen LogP contribution in [0.5, 0.6) is 5.75 Å². The van der Waals surface area contributed by atoms with Crippen molar-refractivity contribution in [2.45, 2.75) is 12.5 Å². The summed E-state index contributed by atoms with van der Waals surface area (Å²) in [6, 6.07) is 26.6. The van der Waals surface area contributed by atoms with Gasteiger partial charge in [0.2, 0.25) is 0 Å². The average Bonchev–Trinajstić information content (AvgIpc) is 3.29. The van der Waals surface area contributed by atoms with E-state index in [0.29, 0.717) is 12.0 Å². The fourth-order valence-electron chi connectivity index (χ4n) is 3.59. The molecule has 0 spiro atoms. The Morgan fingerprint density at radius 2 is 1.90 bits per heavy atom. The Morgan fingerprint density at radius 1 is 1.13 bits per heavy atom. The first-order valence-electron chi connectivity index (χ1n) is 10.0. The molecule has 1 amide bonds. The summed E-state index contributed by atoms with van der Waals surface area (Å²) in [6.07, 6.45) is 0.631. The third kappa shape index (κ3) is 4.57. The van der Waals surface area contributed by atoms with Crippen molar-refractivity contribution in [3.05, 3.63) is 95.6 Å². The van der Waals surface area contributed by atoms with Crippen LogP contribution in [0.25, 0.3) is 0 Å². The predicted molar refractivity (Wildman–Crippen MR) is 120 cm³/mol. The first-order chi connectivity index (χ1) is 15.2. The van der Waals surface area contributed by atoms with Crippen LogP contribution in [0.4, 0.5) is 5.69 Å². The van der Waals surface area contributed by atoms with Gasteiger partial charge in [0.05, 0.1) is 37.0 Å². The van der Waals surface area contributed by atoms with Crippen molar-refractivity contribution < 1.29 is 9.53 Å². The fraction of sp³-hybridized carbons (Fsp3) is 0.160. The molecule has 0 aromatic heterocycles. The van der Waals surface area contributed by atoms with Crippen molar-refractivity contribution in [3.8, 4) is 11.8 Å². The number of amides is 1. The molecule has 0 bridgehead atoms. The monoisotopic (exact) mass is 410 g/mol. The zero-order chi connectivity index (χ0) is 21.6. The van der Waals surface area contributed by atoms with E-state index >= 15 is 0 Å². The van der Waals surface area contributed by atoms with Gasteiger partial charge >= 0.3 is 0 Å². The van der Waals surface area contributed by atoms with Crippen LogP contribution in [0.3, 0.4) is 0 Å². The van der Waals surface area contributed by atoms with Crippen molar-refractivity contribution in [2.75, 3.05) is 19.0 Å². The highest BCUT2D eigenvalue weighted by atomic mass is 16.5. The van der Waals surface area contributed by atoms with Gasteiger partial charge in [-0.05, 0) is 41.5 Å². The van der Waals surface area contributed by atoms with Crippen LogP contribution >= 0.6 is 0 Å². The third-order valence-corrected chi connectivity index (χ3v) is 5.21. The molecular formula is C25H22N4O2. The normalized spacial score (nSPS) is 15.2. The van der Waals surface area contributed by atoms with Gasteiger partial charge < -0.3 is 10.1 Å². The molecule has 6 nitrogen and oxygen atoms in total. The lowest BCUT2D eigenvalue weighted by molar-refractivity contribution is -0.131. The molecular weight excluding hydrogens is 388 g/mol. The number of methoxy groups -OCH3 is 1. The highest BCUT2D eigenvalue weighted by Gasteiger charge is 2.32. The van der Waals surface area contributed by atoms with E-state index in [0.717, 1.165) is 28.3 Å². The molecule has 4 rings (SSSR count). The van der Waals surface area contributed by atoms with E-state index in [9.17, 15) is 4.79 Å². The second-order valence-electron chi connectivity index (χ2n) is 7.19. The lowest BCUT2D eigenvalue weighted by atomic mass is 9.98. The molecule has 0 radical (unpaired) electrons. The second-order valence-corrected chi connectivity index (χ2v) is 7.19. The van der Waals surface area contributed by atoms with E-state index in [4.69, 9.17) is 10.00 Å². The average molecular weight is 410 g/mol. The maximum Gasteiger partial charge on any atom is 0.262 e. The number of carbonyl (C=O) groups is 1. The number of hydrazone groups is 1. The lowest BCUT2D eigenvalue weighted by Gasteiger charge is -2.22. The van der Waals surface area contributed by atoms with Crippen LogP contribution in [0.15, 0.2) is 84.0 Å². The van der Waals surface area contributed by atoms with Crippen LogP contribution in [0, 0.1) is 11.3 Å². The summed E-state index contributed by atoms with van der Waals surface area (Å²) in [5.41, 5.74) is 4.14. The minimum Gasteiger partial charge on any atom is -0.497 e. The summed E-state index contributed by atoms with van der Waals surface area (Å²) >= 11 is 0. The zero-order valence-electron chi connectivity index (χ0n) is 17.2. The minimum absolute atomic E-state index is 0.0765. The molecule has 3 aromatic carbocycles. The molecule has 0 fully saturated rings. The number of nitrogens with one attached hydrogen (secondary N) is 1. The van der Waals surface area contributed by atoms with Gasteiger partial charge in [0.1, 0.15) is 5.75 Å². The standard InChI is InChI=1S/C25H22N4O2/c1-31-22-12-10-20(11-13-22)24-15-23(19-7-3-2-4-8-19)28-29(24)25(30)17-27-21-9-5-6-18(14-21)16-26/h2-14,24,27H,15,17H2,1H3. The Hall–Kier alpha value is -4.11. The molecule has 6 heteroatoms. The topological polar surface area (TPSA) is 77.7 Å². The molecule has 0 saturated heterocycles. The smallest absolute Gasteiger partial charge is 0.262 e. The Morgan fingerprint density at radius 3 is 2.61 bits per heavy atom. The number of nitriles is 1. The number of benzene rings is 3. The highest BCUT2D eigenvalue weighted by molar-refractivity contribution is 6.03. The number of hydrogen-bond acceptors (Lipinski definition) is 5. The summed E-state index contributed by atoms with van der Waals surface area (Å²) in [7, 11) is 1.63. The van der Waals surface area contributed by atoms with E-state index in [1.165, 1.54) is 0 Å². The van der Waals surface area contributed by atoms with Crippen LogP contribution in [-0.2, 0) is 4.79 Å². The Labute approximate surface area is 181 Å². The van der Waals surface area contributed by atoms with Crippen molar-refractivity contribution in [1.29, 1.82) is 5.26 Å². The predicted octanol–water partition coefficient (Wildman–Crippen LogP) is 4.36. The van der Waals surface area contributed by atoms with Gasteiger partial charge in [-0.1, -0.05) is 48.5 Å². The van der Waals surface area contributed by atoms with E-state index in [1.807, 2.05) is 60.7 Å². The van der Waals surface area contributed by atoms with E-state index < -0.39 is 0 Å². The first-order valence-corrected chi connectivity index (χ1v) is 10.0. The number of rotatable bonds is 6. The number of carbonyl (C=O) groups excluding carboxylic acids is 1. The minimum atomic E-state index is -0.194. The third-order valence-electron chi connectivity index (χ3n) is 5.21. The Bertz CT molecular complexity index is 1130. The second kappa shape index (κ2) is 9.14. The van der Waals surface area contributed by atoms with Gasteiger partial charge in [0.15, 0.2) is 0 Å². The molecule has 3 aromatic rings. The van der Waals surface area contributed by atoms with Gasteiger partial charge in [0, 0.05) is 12.1 Å². The summed E-state index contributed by atoms with van der Waals surface area (Å²) in [6.45, 7) is 0.0765. The van der Waals surface area contributed by atoms with Gasteiger partial charge in [0.25, 0.3) is 5.91 Å². The molecule has 1 N–H and O–H groups in total. The van der Waals surface area contributed by atoms with Crippen molar-refractivity contribution >= 4 is 17.3 Å². The van der Waals surface area contributed by atoms with Gasteiger partial charge in [-0.2, -0.15) is 10.4 Å². The van der Waals surface area contributed by atoms with Gasteiger partial charge in [-0.3, -0.25) is 4.79 Å². The van der Waals surface area contributed by atoms with E-state index in [-0.39, 0.29) is 18.5 Å². The summed E-state index contributed by atoms with van der Waals surface area (Å²) in [5, 5.41) is 18.4. The molecule has 1 atom stereocenters. The molecule has 1 heterocycles. The van der Waals surface area contributed by atoms with Gasteiger partial charge in [-0.25, -0.2) is 5.01 Å². The first kappa shape index (κ1) is 20.2. The quantitative estimate of drug-likeness (QED) is 0.655. The summed E-state index contributed by atoms with van der Waals surface area (Å²) < 4.78 is 5.26. The van der Waals surface area contributed by atoms with Crippen molar-refractivity contribution in [1.82, 2.24) is 5.01 Å². The van der Waals surface area contributed by atoms with Crippen LogP contribution in [0.1, 0.15) is 29.2 Å². The molecule has 31 heavy (non-hydrogen) atoms. The number of ether oxygens (including phenoxy) is 1. The van der Waals surface area contributed by atoms with Crippen LogP contribution in [0.2, 0.25) is 0 Å². The number of hydrogen-bond donors (Lipinski definition) is 1. The van der Waals surface area contributed by atoms with E-state index in [1.54, 1.807) is 30.3 Å². The molecule has 1 aliphatic heterocycles. The molecule has 0 saturated carbocycles. The molecule has 154 valence electrons. The van der Waals surface area contributed by atoms with Crippen LogP contribution < -0.4 is 10.1 Å². The molecule has 0 aliphatic carbocycles. The largest absolute Gasteiger partial charge is 0.497 e.